The molecule has 0 bridgehead atoms. The molecule has 2 aliphatic rings. The smallest absolute Gasteiger partial charge is 0.341 e. The summed E-state index contributed by atoms with van der Waals surface area (Å²) in [4.78, 5) is 30.4. The van der Waals surface area contributed by atoms with E-state index in [2.05, 4.69) is 4.98 Å². The Labute approximate surface area is 165 Å². The fourth-order valence-electron chi connectivity index (χ4n) is 4.08. The largest absolute Gasteiger partial charge is 0.477 e. The third-order valence-electron chi connectivity index (χ3n) is 5.71. The lowest BCUT2D eigenvalue weighted by Crippen LogP contribution is -2.22. The molecular weight excluding hydrogens is 375 g/mol. The van der Waals surface area contributed by atoms with Crippen LogP contribution in [0.4, 0.5) is 10.2 Å². The average Bonchev–Trinajstić information content (AvgIpc) is 3.45. The number of pyridine rings is 2. The van der Waals surface area contributed by atoms with Crippen LogP contribution >= 0.6 is 0 Å². The van der Waals surface area contributed by atoms with Crippen LogP contribution in [0.3, 0.4) is 0 Å². The molecule has 2 aromatic heterocycles. The van der Waals surface area contributed by atoms with Gasteiger partial charge < -0.3 is 20.3 Å². The van der Waals surface area contributed by atoms with Crippen molar-refractivity contribution < 1.29 is 14.3 Å². The van der Waals surface area contributed by atoms with Crippen LogP contribution in [0.1, 0.15) is 45.9 Å². The van der Waals surface area contributed by atoms with Crippen molar-refractivity contribution in [1.29, 1.82) is 0 Å². The van der Waals surface area contributed by atoms with E-state index in [1.54, 1.807) is 4.57 Å². The fourth-order valence-corrected chi connectivity index (χ4v) is 4.08. The van der Waals surface area contributed by atoms with Crippen molar-refractivity contribution in [3.05, 3.63) is 68.8 Å². The molecule has 8 heteroatoms. The molecule has 1 saturated carbocycles. The number of hydrogen-bond donors (Lipinski definition) is 2. The summed E-state index contributed by atoms with van der Waals surface area (Å²) in [6.45, 7) is 1.39. The van der Waals surface area contributed by atoms with Crippen molar-refractivity contribution in [2.24, 2.45) is 5.73 Å². The molecule has 3 heterocycles. The Morgan fingerprint density at radius 3 is 2.79 bits per heavy atom. The number of nitrogens with two attached hydrogens (primary N) is 1. The number of halogens is 1. The monoisotopic (exact) mass is 394 g/mol. The fraction of sp³-hybridized carbons (Fsp3) is 0.286. The minimum absolute atomic E-state index is 0.00240. The highest BCUT2D eigenvalue weighted by molar-refractivity contribution is 5.92. The Morgan fingerprint density at radius 2 is 2.10 bits per heavy atom. The molecule has 0 amide bonds. The number of fused-ring (bicyclic) bond motifs is 2. The summed E-state index contributed by atoms with van der Waals surface area (Å²) in [6.07, 6.45) is 3.09. The molecule has 0 atom stereocenters. The maximum atomic E-state index is 15.0. The first kappa shape index (κ1) is 17.8. The van der Waals surface area contributed by atoms with Crippen LogP contribution < -0.4 is 16.1 Å². The summed E-state index contributed by atoms with van der Waals surface area (Å²) < 4.78 is 16.7. The molecule has 29 heavy (non-hydrogen) atoms. The van der Waals surface area contributed by atoms with Crippen molar-refractivity contribution in [1.82, 2.24) is 9.55 Å². The van der Waals surface area contributed by atoms with Gasteiger partial charge in [0, 0.05) is 31.9 Å². The second-order valence-electron chi connectivity index (χ2n) is 7.60. The Morgan fingerprint density at radius 1 is 1.31 bits per heavy atom. The van der Waals surface area contributed by atoms with Gasteiger partial charge in [-0.15, -0.1) is 0 Å². The van der Waals surface area contributed by atoms with E-state index in [1.807, 2.05) is 23.1 Å². The molecular formula is C21H19FN4O3. The number of rotatable bonds is 4. The van der Waals surface area contributed by atoms with Crippen LogP contribution in [-0.4, -0.2) is 20.6 Å². The third-order valence-corrected chi connectivity index (χ3v) is 5.71. The number of nitrogens with zero attached hydrogens (tertiary/aromatic N) is 3. The minimum atomic E-state index is -1.32. The molecule has 0 radical (unpaired) electrons. The van der Waals surface area contributed by atoms with Gasteiger partial charge in [-0.1, -0.05) is 18.2 Å². The van der Waals surface area contributed by atoms with Crippen LogP contribution in [0.2, 0.25) is 0 Å². The number of carboxylic acid groups (broad SMARTS) is 1. The molecule has 3 aromatic rings. The van der Waals surface area contributed by atoms with Crippen LogP contribution in [0.5, 0.6) is 0 Å². The van der Waals surface area contributed by atoms with Crippen LogP contribution in [0, 0.1) is 5.82 Å². The van der Waals surface area contributed by atoms with E-state index in [4.69, 9.17) is 5.73 Å². The van der Waals surface area contributed by atoms with Gasteiger partial charge in [0.1, 0.15) is 11.2 Å². The summed E-state index contributed by atoms with van der Waals surface area (Å²) >= 11 is 0. The number of aromatic carboxylic acids is 1. The van der Waals surface area contributed by atoms with Gasteiger partial charge in [0.05, 0.1) is 5.39 Å². The second-order valence-corrected chi connectivity index (χ2v) is 7.60. The number of benzene rings is 1. The maximum absolute atomic E-state index is 15.0. The first-order valence-corrected chi connectivity index (χ1v) is 9.51. The van der Waals surface area contributed by atoms with Gasteiger partial charge in [-0.3, -0.25) is 4.79 Å². The molecule has 1 aliphatic carbocycles. The van der Waals surface area contributed by atoms with E-state index < -0.39 is 17.2 Å². The molecule has 1 aromatic carbocycles. The maximum Gasteiger partial charge on any atom is 0.341 e. The zero-order valence-corrected chi connectivity index (χ0v) is 15.6. The number of anilines is 1. The predicted molar refractivity (Wildman–Crippen MR) is 105 cm³/mol. The lowest BCUT2D eigenvalue weighted by Gasteiger charge is -2.19. The summed E-state index contributed by atoms with van der Waals surface area (Å²) in [7, 11) is 0. The van der Waals surface area contributed by atoms with Crippen molar-refractivity contribution in [2.45, 2.75) is 38.5 Å². The summed E-state index contributed by atoms with van der Waals surface area (Å²) in [5, 5.41) is 9.35. The average molecular weight is 394 g/mol. The highest BCUT2D eigenvalue weighted by Crippen LogP contribution is 2.38. The summed E-state index contributed by atoms with van der Waals surface area (Å²) in [6, 6.07) is 7.10. The Hall–Kier alpha value is -3.26. The quantitative estimate of drug-likeness (QED) is 0.705. The van der Waals surface area contributed by atoms with Crippen LogP contribution in [0.15, 0.2) is 35.3 Å². The number of hydrogen-bond acceptors (Lipinski definition) is 5. The van der Waals surface area contributed by atoms with Gasteiger partial charge >= 0.3 is 5.97 Å². The Bertz CT molecular complexity index is 1230. The van der Waals surface area contributed by atoms with Crippen molar-refractivity contribution in [3.63, 3.8) is 0 Å². The van der Waals surface area contributed by atoms with Gasteiger partial charge in [0.15, 0.2) is 11.6 Å². The molecule has 148 valence electrons. The van der Waals surface area contributed by atoms with E-state index in [0.29, 0.717) is 25.3 Å². The lowest BCUT2D eigenvalue weighted by atomic mass is 10.0. The number of carbonyl (C=O) groups is 1. The van der Waals surface area contributed by atoms with Crippen molar-refractivity contribution in [2.75, 3.05) is 4.90 Å². The summed E-state index contributed by atoms with van der Waals surface area (Å²) in [5.74, 6) is -1.80. The first-order valence-electron chi connectivity index (χ1n) is 9.51. The van der Waals surface area contributed by atoms with Crippen LogP contribution in [0.25, 0.3) is 11.0 Å². The number of aromatic nitrogens is 2. The Kier molecular flexibility index (Phi) is 3.92. The van der Waals surface area contributed by atoms with E-state index in [9.17, 15) is 14.7 Å². The van der Waals surface area contributed by atoms with Gasteiger partial charge in [0.25, 0.3) is 0 Å². The highest BCUT2D eigenvalue weighted by Gasteiger charge is 2.30. The number of carboxylic acids is 1. The van der Waals surface area contributed by atoms with Crippen molar-refractivity contribution >= 4 is 22.8 Å². The zero-order chi connectivity index (χ0) is 20.3. The second kappa shape index (κ2) is 6.38. The standard InChI is InChI=1S/C21H19FN4O3/c22-17-6-14-18(27)16(21(28)29)10-26(13-4-5-13)19(14)24-20(17)25-8-12-3-1-2-11(7-23)15(12)9-25/h1-3,6,10,13H,4-5,7-9,23H2,(H,28,29). The molecule has 3 N–H and O–H groups in total. The molecule has 5 rings (SSSR count). The lowest BCUT2D eigenvalue weighted by molar-refractivity contribution is 0.0695. The molecule has 0 unspecified atom stereocenters. The van der Waals surface area contributed by atoms with Gasteiger partial charge in [0.2, 0.25) is 5.43 Å². The van der Waals surface area contributed by atoms with Gasteiger partial charge in [-0.2, -0.15) is 0 Å². The van der Waals surface area contributed by atoms with Gasteiger partial charge in [-0.05, 0) is 35.6 Å². The normalized spacial score (nSPS) is 15.7. The zero-order valence-electron chi connectivity index (χ0n) is 15.6. The predicted octanol–water partition coefficient (Wildman–Crippen LogP) is 2.55. The first-order chi connectivity index (χ1) is 14.0. The van der Waals surface area contributed by atoms with E-state index in [-0.39, 0.29) is 22.8 Å². The topological polar surface area (TPSA) is 101 Å². The minimum Gasteiger partial charge on any atom is -0.477 e. The molecule has 1 fully saturated rings. The molecule has 1 aliphatic heterocycles. The highest BCUT2D eigenvalue weighted by atomic mass is 19.1. The molecule has 0 spiro atoms. The van der Waals surface area contributed by atoms with E-state index in [0.717, 1.165) is 35.6 Å². The summed E-state index contributed by atoms with van der Waals surface area (Å²) in [5.41, 5.74) is 8.27. The third kappa shape index (κ3) is 2.79. The van der Waals surface area contributed by atoms with E-state index >= 15 is 4.39 Å². The van der Waals surface area contributed by atoms with Crippen molar-refractivity contribution in [3.8, 4) is 0 Å². The van der Waals surface area contributed by atoms with Gasteiger partial charge in [-0.25, -0.2) is 14.2 Å². The molecule has 0 saturated heterocycles. The SMILES string of the molecule is NCc1cccc2c1CN(c1nc3c(cc1F)c(=O)c(C(=O)O)cn3C1CC1)C2. The Balaban J connectivity index is 1.66. The van der Waals surface area contributed by atoms with Crippen LogP contribution in [-0.2, 0) is 19.6 Å². The molecule has 7 nitrogen and oxygen atoms in total. The van der Waals surface area contributed by atoms with E-state index in [1.165, 1.54) is 6.20 Å².